The van der Waals surface area contributed by atoms with Gasteiger partial charge in [-0.3, -0.25) is 4.98 Å². The number of hydrogen-bond acceptors (Lipinski definition) is 3. The highest BCUT2D eigenvalue weighted by Gasteiger charge is 2.22. The van der Waals surface area contributed by atoms with Crippen LogP contribution < -0.4 is 10.1 Å². The van der Waals surface area contributed by atoms with Crippen LogP contribution in [0.3, 0.4) is 0 Å². The Morgan fingerprint density at radius 3 is 3.11 bits per heavy atom. The first-order valence-corrected chi connectivity index (χ1v) is 6.75. The molecule has 2 aromatic rings. The van der Waals surface area contributed by atoms with E-state index in [1.807, 2.05) is 36.4 Å². The van der Waals surface area contributed by atoms with Gasteiger partial charge in [0.2, 0.25) is 0 Å². The van der Waals surface area contributed by atoms with Crippen LogP contribution in [0.1, 0.15) is 11.3 Å². The molecule has 0 fully saturated rings. The molecule has 0 amide bonds. The maximum absolute atomic E-state index is 5.98. The maximum Gasteiger partial charge on any atom is 0.123 e. The summed E-state index contributed by atoms with van der Waals surface area (Å²) in [7, 11) is 0. The molecule has 3 nitrogen and oxygen atoms in total. The van der Waals surface area contributed by atoms with E-state index in [1.165, 1.54) is 5.56 Å². The first kappa shape index (κ1) is 12.5. The number of hydrogen-bond donors (Lipinski definition) is 1. The molecular formula is C15H15ClN2O. The first-order chi connectivity index (χ1) is 9.31. The molecule has 2 heterocycles. The number of fused-ring (bicyclic) bond motifs is 1. The molecule has 0 radical (unpaired) electrons. The summed E-state index contributed by atoms with van der Waals surface area (Å²) in [5, 5.41) is 4.14. The average molecular weight is 275 g/mol. The molecule has 98 valence electrons. The predicted molar refractivity (Wildman–Crippen MR) is 75.5 cm³/mol. The van der Waals surface area contributed by atoms with Crippen LogP contribution in [0.2, 0.25) is 5.02 Å². The van der Waals surface area contributed by atoms with Crippen molar-refractivity contribution in [2.75, 3.05) is 6.54 Å². The quantitative estimate of drug-likeness (QED) is 0.931. The molecule has 1 aromatic heterocycles. The number of benzene rings is 1. The molecule has 1 aliphatic rings. The lowest BCUT2D eigenvalue weighted by Crippen LogP contribution is -2.29. The zero-order chi connectivity index (χ0) is 13.1. The van der Waals surface area contributed by atoms with E-state index < -0.39 is 0 Å². The van der Waals surface area contributed by atoms with Gasteiger partial charge in [-0.1, -0.05) is 17.7 Å². The lowest BCUT2D eigenvalue weighted by molar-refractivity contribution is 0.227. The fourth-order valence-corrected chi connectivity index (χ4v) is 2.46. The van der Waals surface area contributed by atoms with Crippen LogP contribution in [0.5, 0.6) is 5.75 Å². The van der Waals surface area contributed by atoms with E-state index >= 15 is 0 Å². The summed E-state index contributed by atoms with van der Waals surface area (Å²) in [6.45, 7) is 1.57. The minimum atomic E-state index is 0.178. The minimum Gasteiger partial charge on any atom is -0.488 e. The second-order valence-electron chi connectivity index (χ2n) is 4.65. The summed E-state index contributed by atoms with van der Waals surface area (Å²) in [6, 6.07) is 11.7. The van der Waals surface area contributed by atoms with Crippen molar-refractivity contribution >= 4 is 11.6 Å². The maximum atomic E-state index is 5.98. The SMILES string of the molecule is Clc1ccc2c(c1)CC(CNCc1ccccn1)O2. The Labute approximate surface area is 117 Å². The lowest BCUT2D eigenvalue weighted by atomic mass is 10.1. The van der Waals surface area contributed by atoms with E-state index in [-0.39, 0.29) is 6.10 Å². The van der Waals surface area contributed by atoms with Crippen molar-refractivity contribution in [1.29, 1.82) is 0 Å². The van der Waals surface area contributed by atoms with Gasteiger partial charge in [0.1, 0.15) is 11.9 Å². The monoisotopic (exact) mass is 274 g/mol. The third kappa shape index (κ3) is 3.06. The van der Waals surface area contributed by atoms with Gasteiger partial charge in [-0.05, 0) is 35.9 Å². The number of pyridine rings is 1. The smallest absolute Gasteiger partial charge is 0.123 e. The normalized spacial score (nSPS) is 17.0. The molecule has 0 aliphatic carbocycles. The van der Waals surface area contributed by atoms with Crippen LogP contribution in [0.4, 0.5) is 0 Å². The van der Waals surface area contributed by atoms with Crippen LogP contribution in [0, 0.1) is 0 Å². The number of nitrogens with one attached hydrogen (secondary N) is 1. The van der Waals surface area contributed by atoms with Crippen molar-refractivity contribution in [3.05, 3.63) is 58.9 Å². The van der Waals surface area contributed by atoms with Crippen molar-refractivity contribution in [2.45, 2.75) is 19.1 Å². The fraction of sp³-hybridized carbons (Fsp3) is 0.267. The molecule has 1 unspecified atom stereocenters. The van der Waals surface area contributed by atoms with Crippen molar-refractivity contribution in [1.82, 2.24) is 10.3 Å². The van der Waals surface area contributed by atoms with Gasteiger partial charge in [0.25, 0.3) is 0 Å². The fourth-order valence-electron chi connectivity index (χ4n) is 2.27. The third-order valence-corrected chi connectivity index (χ3v) is 3.40. The third-order valence-electron chi connectivity index (χ3n) is 3.17. The van der Waals surface area contributed by atoms with E-state index in [4.69, 9.17) is 16.3 Å². The van der Waals surface area contributed by atoms with Gasteiger partial charge >= 0.3 is 0 Å². The summed E-state index contributed by atoms with van der Waals surface area (Å²) < 4.78 is 5.86. The van der Waals surface area contributed by atoms with Crippen LogP contribution in [0.25, 0.3) is 0 Å². The molecule has 1 aromatic carbocycles. The molecule has 0 saturated carbocycles. The molecular weight excluding hydrogens is 260 g/mol. The standard InChI is InChI=1S/C15H15ClN2O/c16-12-4-5-15-11(7-12)8-14(19-15)10-17-9-13-3-1-2-6-18-13/h1-7,14,17H,8-10H2. The molecule has 1 atom stereocenters. The largest absolute Gasteiger partial charge is 0.488 e. The first-order valence-electron chi connectivity index (χ1n) is 6.37. The van der Waals surface area contributed by atoms with E-state index in [0.29, 0.717) is 0 Å². The number of ether oxygens (including phenoxy) is 1. The highest BCUT2D eigenvalue weighted by Crippen LogP contribution is 2.30. The molecule has 4 heteroatoms. The number of halogens is 1. The van der Waals surface area contributed by atoms with E-state index in [9.17, 15) is 0 Å². The minimum absolute atomic E-state index is 0.178. The van der Waals surface area contributed by atoms with E-state index in [1.54, 1.807) is 6.20 Å². The molecule has 1 aliphatic heterocycles. The zero-order valence-corrected chi connectivity index (χ0v) is 11.2. The zero-order valence-electron chi connectivity index (χ0n) is 10.5. The topological polar surface area (TPSA) is 34.2 Å². The highest BCUT2D eigenvalue weighted by atomic mass is 35.5. The second-order valence-corrected chi connectivity index (χ2v) is 5.08. The molecule has 19 heavy (non-hydrogen) atoms. The second kappa shape index (κ2) is 5.59. The van der Waals surface area contributed by atoms with Crippen molar-refractivity contribution in [2.24, 2.45) is 0 Å². The van der Waals surface area contributed by atoms with Gasteiger partial charge < -0.3 is 10.1 Å². The number of nitrogens with zero attached hydrogens (tertiary/aromatic N) is 1. The van der Waals surface area contributed by atoms with E-state index in [0.717, 1.165) is 36.0 Å². The van der Waals surface area contributed by atoms with Crippen LogP contribution in [-0.2, 0) is 13.0 Å². The Morgan fingerprint density at radius 1 is 1.32 bits per heavy atom. The average Bonchev–Trinajstić information content (AvgIpc) is 2.82. The van der Waals surface area contributed by atoms with Gasteiger partial charge in [0.15, 0.2) is 0 Å². The number of rotatable bonds is 4. The Bertz CT molecular complexity index is 559. The van der Waals surface area contributed by atoms with Crippen molar-refractivity contribution in [3.8, 4) is 5.75 Å². The Morgan fingerprint density at radius 2 is 2.26 bits per heavy atom. The van der Waals surface area contributed by atoms with Gasteiger partial charge in [-0.25, -0.2) is 0 Å². The highest BCUT2D eigenvalue weighted by molar-refractivity contribution is 6.30. The summed E-state index contributed by atoms with van der Waals surface area (Å²) >= 11 is 5.98. The molecule has 3 rings (SSSR count). The molecule has 0 bridgehead atoms. The predicted octanol–water partition coefficient (Wildman–Crippen LogP) is 2.83. The van der Waals surface area contributed by atoms with Crippen molar-refractivity contribution < 1.29 is 4.74 Å². The Balaban J connectivity index is 1.51. The van der Waals surface area contributed by atoms with Crippen LogP contribution >= 0.6 is 11.6 Å². The number of aromatic nitrogens is 1. The Hall–Kier alpha value is -1.58. The van der Waals surface area contributed by atoms with Crippen molar-refractivity contribution in [3.63, 3.8) is 0 Å². The Kier molecular flexibility index (Phi) is 3.67. The summed E-state index contributed by atoms with van der Waals surface area (Å²) in [4.78, 5) is 4.27. The summed E-state index contributed by atoms with van der Waals surface area (Å²) in [5.41, 5.74) is 2.23. The molecule has 1 N–H and O–H groups in total. The lowest BCUT2D eigenvalue weighted by Gasteiger charge is -2.11. The van der Waals surface area contributed by atoms with Crippen LogP contribution in [0.15, 0.2) is 42.6 Å². The van der Waals surface area contributed by atoms with Gasteiger partial charge in [-0.15, -0.1) is 0 Å². The molecule has 0 spiro atoms. The van der Waals surface area contributed by atoms with Gasteiger partial charge in [0, 0.05) is 30.7 Å². The van der Waals surface area contributed by atoms with E-state index in [2.05, 4.69) is 10.3 Å². The summed E-state index contributed by atoms with van der Waals surface area (Å²) in [5.74, 6) is 0.953. The summed E-state index contributed by atoms with van der Waals surface area (Å²) in [6.07, 6.45) is 2.89. The van der Waals surface area contributed by atoms with Crippen LogP contribution in [-0.4, -0.2) is 17.6 Å². The van der Waals surface area contributed by atoms with Gasteiger partial charge in [0.05, 0.1) is 5.69 Å². The molecule has 0 saturated heterocycles. The van der Waals surface area contributed by atoms with Gasteiger partial charge in [-0.2, -0.15) is 0 Å².